The molecule has 4 N–H and O–H groups in total. The lowest BCUT2D eigenvalue weighted by atomic mass is 10.2. The van der Waals surface area contributed by atoms with Crippen LogP contribution in [-0.4, -0.2) is 27.8 Å². The van der Waals surface area contributed by atoms with Crippen molar-refractivity contribution in [2.75, 3.05) is 6.54 Å². The van der Waals surface area contributed by atoms with Gasteiger partial charge in [0.15, 0.2) is 11.5 Å². The maximum atomic E-state index is 11.0. The lowest BCUT2D eigenvalue weighted by molar-refractivity contribution is -0.116. The first kappa shape index (κ1) is 17.1. The van der Waals surface area contributed by atoms with Crippen molar-refractivity contribution in [1.82, 2.24) is 5.32 Å². The molecule has 2 aromatic rings. The Hall–Kier alpha value is -2.95. The molecule has 0 aliphatic rings. The standard InChI is InChI=1S/C11H13NO2.C6H6O2/c1-2-12-11(14)8-5-9-3-6-10(13)7-4-9;7-5-3-1-2-4-6(5)8/h3-8,13H,2H2,1H3,(H,12,14);1-4,7-8H. The molecule has 0 unspecified atom stereocenters. The number of para-hydroxylation sites is 2. The van der Waals surface area contributed by atoms with Crippen LogP contribution in [0.3, 0.4) is 0 Å². The number of likely N-dealkylation sites (N-methyl/N-ethyl adjacent to an activating group) is 1. The Balaban J connectivity index is 0.000000255. The average Bonchev–Trinajstić information content (AvgIpc) is 2.51. The molecular formula is C17H19NO4. The number of nitrogens with one attached hydrogen (secondary N) is 1. The van der Waals surface area contributed by atoms with Crippen molar-refractivity contribution in [1.29, 1.82) is 0 Å². The van der Waals surface area contributed by atoms with E-state index in [2.05, 4.69) is 5.32 Å². The van der Waals surface area contributed by atoms with Crippen LogP contribution in [0.1, 0.15) is 12.5 Å². The molecule has 0 fully saturated rings. The molecule has 0 radical (unpaired) electrons. The number of benzene rings is 2. The number of aromatic hydroxyl groups is 3. The molecule has 22 heavy (non-hydrogen) atoms. The molecule has 0 heterocycles. The minimum absolute atomic E-state index is 0.0764. The Labute approximate surface area is 129 Å². The monoisotopic (exact) mass is 301 g/mol. The summed E-state index contributed by atoms with van der Waals surface area (Å²) in [5, 5.41) is 29.0. The molecule has 5 nitrogen and oxygen atoms in total. The fraction of sp³-hybridized carbons (Fsp3) is 0.118. The lowest BCUT2D eigenvalue weighted by Crippen LogP contribution is -2.19. The van der Waals surface area contributed by atoms with E-state index in [1.165, 1.54) is 18.2 Å². The fourth-order valence-corrected chi connectivity index (χ4v) is 1.45. The van der Waals surface area contributed by atoms with Crippen molar-refractivity contribution in [2.24, 2.45) is 0 Å². The number of rotatable bonds is 3. The second-order valence-electron chi connectivity index (χ2n) is 4.31. The number of hydrogen-bond acceptors (Lipinski definition) is 4. The molecule has 0 aliphatic carbocycles. The molecule has 2 aromatic carbocycles. The van der Waals surface area contributed by atoms with Crippen molar-refractivity contribution < 1.29 is 20.1 Å². The number of phenols is 3. The third kappa shape index (κ3) is 6.47. The molecule has 0 aromatic heterocycles. The maximum Gasteiger partial charge on any atom is 0.243 e. The van der Waals surface area contributed by atoms with Gasteiger partial charge >= 0.3 is 0 Å². The summed E-state index contributed by atoms with van der Waals surface area (Å²) in [7, 11) is 0. The van der Waals surface area contributed by atoms with E-state index in [0.717, 1.165) is 5.56 Å². The molecule has 0 saturated carbocycles. The third-order valence-electron chi connectivity index (χ3n) is 2.55. The molecule has 1 amide bonds. The summed E-state index contributed by atoms with van der Waals surface area (Å²) in [4.78, 5) is 11.0. The van der Waals surface area contributed by atoms with Gasteiger partial charge in [-0.15, -0.1) is 0 Å². The van der Waals surface area contributed by atoms with Gasteiger partial charge in [0.2, 0.25) is 5.91 Å². The highest BCUT2D eigenvalue weighted by molar-refractivity contribution is 5.91. The summed E-state index contributed by atoms with van der Waals surface area (Å²) in [6.07, 6.45) is 3.17. The minimum Gasteiger partial charge on any atom is -0.508 e. The van der Waals surface area contributed by atoms with Crippen molar-refractivity contribution in [3.63, 3.8) is 0 Å². The van der Waals surface area contributed by atoms with Crippen molar-refractivity contribution in [3.8, 4) is 17.2 Å². The van der Waals surface area contributed by atoms with Crippen LogP contribution in [0.15, 0.2) is 54.6 Å². The van der Waals surface area contributed by atoms with E-state index in [9.17, 15) is 4.79 Å². The first-order valence-corrected chi connectivity index (χ1v) is 6.75. The largest absolute Gasteiger partial charge is 0.508 e. The molecule has 0 atom stereocenters. The summed E-state index contributed by atoms with van der Waals surface area (Å²) in [6, 6.07) is 12.8. The topological polar surface area (TPSA) is 89.8 Å². The fourth-order valence-electron chi connectivity index (χ4n) is 1.45. The Morgan fingerprint density at radius 2 is 1.55 bits per heavy atom. The van der Waals surface area contributed by atoms with E-state index in [4.69, 9.17) is 15.3 Å². The Kier molecular flexibility index (Phi) is 7.05. The third-order valence-corrected chi connectivity index (χ3v) is 2.55. The second-order valence-corrected chi connectivity index (χ2v) is 4.31. The highest BCUT2D eigenvalue weighted by Crippen LogP contribution is 2.21. The van der Waals surface area contributed by atoms with Gasteiger partial charge in [-0.3, -0.25) is 4.79 Å². The molecule has 2 rings (SSSR count). The number of hydrogen-bond donors (Lipinski definition) is 4. The van der Waals surface area contributed by atoms with Crippen LogP contribution < -0.4 is 5.32 Å². The Morgan fingerprint density at radius 1 is 1.00 bits per heavy atom. The van der Waals surface area contributed by atoms with E-state index < -0.39 is 0 Å². The highest BCUT2D eigenvalue weighted by atomic mass is 16.3. The summed E-state index contributed by atoms with van der Waals surface area (Å²) in [6.45, 7) is 2.49. The number of amides is 1. The van der Waals surface area contributed by atoms with Crippen LogP contribution in [0.2, 0.25) is 0 Å². The summed E-state index contributed by atoms with van der Waals surface area (Å²) in [5.41, 5.74) is 0.883. The van der Waals surface area contributed by atoms with Gasteiger partial charge in [-0.2, -0.15) is 0 Å². The minimum atomic E-state index is -0.111. The molecule has 0 saturated heterocycles. The molecule has 116 valence electrons. The highest BCUT2D eigenvalue weighted by Gasteiger charge is 1.92. The zero-order valence-corrected chi connectivity index (χ0v) is 12.2. The maximum absolute atomic E-state index is 11.0. The van der Waals surface area contributed by atoms with E-state index in [0.29, 0.717) is 6.54 Å². The quantitative estimate of drug-likeness (QED) is 0.518. The Morgan fingerprint density at radius 3 is 2.00 bits per heavy atom. The molecule has 0 bridgehead atoms. The van der Waals surface area contributed by atoms with E-state index in [1.54, 1.807) is 42.5 Å². The average molecular weight is 301 g/mol. The number of carbonyl (C=O) groups excluding carboxylic acids is 1. The second kappa shape index (κ2) is 9.07. The van der Waals surface area contributed by atoms with Gasteiger partial charge in [-0.1, -0.05) is 24.3 Å². The van der Waals surface area contributed by atoms with Crippen LogP contribution in [-0.2, 0) is 4.79 Å². The Bertz CT molecular complexity index is 600. The van der Waals surface area contributed by atoms with Crippen molar-refractivity contribution in [3.05, 3.63) is 60.2 Å². The molecule has 0 aliphatic heterocycles. The van der Waals surface area contributed by atoms with Crippen LogP contribution in [0.4, 0.5) is 0 Å². The summed E-state index contributed by atoms with van der Waals surface area (Å²) < 4.78 is 0. The van der Waals surface area contributed by atoms with Crippen molar-refractivity contribution in [2.45, 2.75) is 6.92 Å². The molecular weight excluding hydrogens is 282 g/mol. The predicted molar refractivity (Wildman–Crippen MR) is 85.6 cm³/mol. The van der Waals surface area contributed by atoms with E-state index in [-0.39, 0.29) is 23.2 Å². The van der Waals surface area contributed by atoms with E-state index >= 15 is 0 Å². The van der Waals surface area contributed by atoms with Gasteiger partial charge in [0.1, 0.15) is 5.75 Å². The van der Waals surface area contributed by atoms with Gasteiger partial charge < -0.3 is 20.6 Å². The normalized spacial score (nSPS) is 9.86. The van der Waals surface area contributed by atoms with Gasteiger partial charge in [0.25, 0.3) is 0 Å². The molecule has 0 spiro atoms. The SMILES string of the molecule is CCNC(=O)C=Cc1ccc(O)cc1.Oc1ccccc1O. The lowest BCUT2D eigenvalue weighted by Gasteiger charge is -1.95. The number of carbonyl (C=O) groups is 1. The van der Waals surface area contributed by atoms with Crippen LogP contribution in [0.5, 0.6) is 17.2 Å². The zero-order chi connectivity index (χ0) is 16.4. The first-order chi connectivity index (χ1) is 10.5. The van der Waals surface area contributed by atoms with Crippen molar-refractivity contribution >= 4 is 12.0 Å². The zero-order valence-electron chi connectivity index (χ0n) is 12.2. The molecule has 5 heteroatoms. The van der Waals surface area contributed by atoms with Crippen LogP contribution in [0, 0.1) is 0 Å². The van der Waals surface area contributed by atoms with Crippen LogP contribution >= 0.6 is 0 Å². The number of phenolic OH excluding ortho intramolecular Hbond substituents is 3. The van der Waals surface area contributed by atoms with Gasteiger partial charge in [-0.25, -0.2) is 0 Å². The van der Waals surface area contributed by atoms with Gasteiger partial charge in [0, 0.05) is 12.6 Å². The predicted octanol–water partition coefficient (Wildman–Crippen LogP) is 2.64. The summed E-state index contributed by atoms with van der Waals surface area (Å²) >= 11 is 0. The first-order valence-electron chi connectivity index (χ1n) is 6.75. The van der Waals surface area contributed by atoms with Gasteiger partial charge in [0.05, 0.1) is 0 Å². The summed E-state index contributed by atoms with van der Waals surface area (Å²) in [5.74, 6) is -0.0410. The van der Waals surface area contributed by atoms with E-state index in [1.807, 2.05) is 6.92 Å². The van der Waals surface area contributed by atoms with Crippen LogP contribution in [0.25, 0.3) is 6.08 Å². The van der Waals surface area contributed by atoms with Gasteiger partial charge in [-0.05, 0) is 42.8 Å². The smallest absolute Gasteiger partial charge is 0.243 e.